The monoisotopic (exact) mass is 208 g/mol. The van der Waals surface area contributed by atoms with E-state index in [2.05, 4.69) is 9.97 Å². The van der Waals surface area contributed by atoms with Gasteiger partial charge in [-0.2, -0.15) is 0 Å². The zero-order valence-electron chi connectivity index (χ0n) is 8.42. The summed E-state index contributed by atoms with van der Waals surface area (Å²) in [5.74, 6) is 0. The van der Waals surface area contributed by atoms with E-state index in [1.807, 2.05) is 36.4 Å². The van der Waals surface area contributed by atoms with Crippen LogP contribution in [0.1, 0.15) is 10.5 Å². The maximum Gasteiger partial charge on any atom is 0.170 e. The number of hydrogen-bond acceptors (Lipinski definition) is 3. The molecule has 0 aliphatic carbocycles. The van der Waals surface area contributed by atoms with Crippen molar-refractivity contribution in [3.05, 3.63) is 48.3 Å². The summed E-state index contributed by atoms with van der Waals surface area (Å²) in [5, 5.41) is 2.23. The van der Waals surface area contributed by atoms with Gasteiger partial charge in [-0.25, -0.2) is 4.98 Å². The van der Waals surface area contributed by atoms with Crippen LogP contribution in [-0.2, 0) is 0 Å². The predicted octanol–water partition coefficient (Wildman–Crippen LogP) is 2.60. The van der Waals surface area contributed by atoms with Crippen LogP contribution in [0.25, 0.3) is 21.8 Å². The Kier molecular flexibility index (Phi) is 1.90. The fourth-order valence-electron chi connectivity index (χ4n) is 1.77. The second kappa shape index (κ2) is 3.38. The number of benzene rings is 2. The summed E-state index contributed by atoms with van der Waals surface area (Å²) in [6.45, 7) is 0. The van der Waals surface area contributed by atoms with Crippen LogP contribution in [0.4, 0.5) is 0 Å². The summed E-state index contributed by atoms with van der Waals surface area (Å²) in [6.07, 6.45) is 2.20. The fraction of sp³-hybridized carbons (Fsp3) is 0. The molecule has 3 aromatic rings. The highest BCUT2D eigenvalue weighted by molar-refractivity contribution is 5.95. The van der Waals surface area contributed by atoms with Gasteiger partial charge in [0.25, 0.3) is 0 Å². The first-order valence-corrected chi connectivity index (χ1v) is 4.97. The van der Waals surface area contributed by atoms with Crippen molar-refractivity contribution in [2.45, 2.75) is 0 Å². The Hall–Kier alpha value is -2.29. The highest BCUT2D eigenvalue weighted by Crippen LogP contribution is 2.19. The molecule has 3 heteroatoms. The van der Waals surface area contributed by atoms with Crippen LogP contribution in [0.2, 0.25) is 0 Å². The van der Waals surface area contributed by atoms with Crippen molar-refractivity contribution in [1.29, 1.82) is 0 Å². The van der Waals surface area contributed by atoms with Gasteiger partial charge < -0.3 is 0 Å². The van der Waals surface area contributed by atoms with E-state index >= 15 is 0 Å². The van der Waals surface area contributed by atoms with Gasteiger partial charge in [-0.15, -0.1) is 0 Å². The molecule has 0 bridgehead atoms. The molecule has 0 saturated heterocycles. The molecule has 3 rings (SSSR count). The lowest BCUT2D eigenvalue weighted by atomic mass is 10.1. The van der Waals surface area contributed by atoms with Crippen LogP contribution in [0, 0.1) is 0 Å². The van der Waals surface area contributed by atoms with Gasteiger partial charge in [0.1, 0.15) is 5.69 Å². The molecule has 3 nitrogen and oxygen atoms in total. The zero-order chi connectivity index (χ0) is 11.0. The number of aromatic nitrogens is 2. The topological polar surface area (TPSA) is 42.9 Å². The normalized spacial score (nSPS) is 10.8. The van der Waals surface area contributed by atoms with Gasteiger partial charge in [-0.05, 0) is 22.9 Å². The molecule has 2 aromatic carbocycles. The van der Waals surface area contributed by atoms with Gasteiger partial charge in [0.05, 0.1) is 17.2 Å². The average Bonchev–Trinajstić information content (AvgIpc) is 2.35. The maximum absolute atomic E-state index is 10.6. The lowest BCUT2D eigenvalue weighted by Crippen LogP contribution is -1.90. The Morgan fingerprint density at radius 3 is 2.38 bits per heavy atom. The number of carbonyl (C=O) groups is 1. The lowest BCUT2D eigenvalue weighted by Gasteiger charge is -2.00. The molecule has 0 amide bonds. The van der Waals surface area contributed by atoms with Crippen LogP contribution < -0.4 is 0 Å². The number of carbonyl (C=O) groups excluding carboxylic acids is 1. The summed E-state index contributed by atoms with van der Waals surface area (Å²) in [6, 6.07) is 11.9. The third-order valence-electron chi connectivity index (χ3n) is 2.55. The van der Waals surface area contributed by atoms with E-state index in [4.69, 9.17) is 0 Å². The van der Waals surface area contributed by atoms with Crippen LogP contribution >= 0.6 is 0 Å². The van der Waals surface area contributed by atoms with Crippen molar-refractivity contribution in [2.24, 2.45) is 0 Å². The molecule has 0 aliphatic heterocycles. The van der Waals surface area contributed by atoms with Crippen LogP contribution in [0.5, 0.6) is 0 Å². The van der Waals surface area contributed by atoms with Gasteiger partial charge in [0.15, 0.2) is 6.29 Å². The number of fused-ring (bicyclic) bond motifs is 2. The van der Waals surface area contributed by atoms with Gasteiger partial charge in [-0.1, -0.05) is 24.3 Å². The minimum absolute atomic E-state index is 0.364. The molecule has 0 radical (unpaired) electrons. The highest BCUT2D eigenvalue weighted by Gasteiger charge is 2.01. The lowest BCUT2D eigenvalue weighted by molar-refractivity contribution is 0.111. The van der Waals surface area contributed by atoms with Crippen molar-refractivity contribution in [3.63, 3.8) is 0 Å². The van der Waals surface area contributed by atoms with Crippen molar-refractivity contribution in [3.8, 4) is 0 Å². The molecule has 0 aliphatic rings. The SMILES string of the molecule is O=Cc1cnc2cc3ccccc3cc2n1. The molecule has 0 fully saturated rings. The Bertz CT molecular complexity index is 692. The molecule has 76 valence electrons. The van der Waals surface area contributed by atoms with E-state index < -0.39 is 0 Å². The summed E-state index contributed by atoms with van der Waals surface area (Å²) in [4.78, 5) is 19.0. The molecule has 16 heavy (non-hydrogen) atoms. The van der Waals surface area contributed by atoms with Crippen molar-refractivity contribution in [2.75, 3.05) is 0 Å². The maximum atomic E-state index is 10.6. The number of hydrogen-bond donors (Lipinski definition) is 0. The molecule has 1 aromatic heterocycles. The van der Waals surface area contributed by atoms with Crippen LogP contribution in [0.15, 0.2) is 42.6 Å². The van der Waals surface area contributed by atoms with E-state index in [-0.39, 0.29) is 0 Å². The van der Waals surface area contributed by atoms with Crippen molar-refractivity contribution in [1.82, 2.24) is 9.97 Å². The number of rotatable bonds is 1. The van der Waals surface area contributed by atoms with E-state index in [1.54, 1.807) is 0 Å². The highest BCUT2D eigenvalue weighted by atomic mass is 16.1. The Morgan fingerprint density at radius 1 is 1.00 bits per heavy atom. The first-order chi connectivity index (χ1) is 7.86. The number of nitrogens with zero attached hydrogens (tertiary/aromatic N) is 2. The summed E-state index contributed by atoms with van der Waals surface area (Å²) >= 11 is 0. The first-order valence-electron chi connectivity index (χ1n) is 4.97. The Labute approximate surface area is 91.8 Å². The van der Waals surface area contributed by atoms with Gasteiger partial charge >= 0.3 is 0 Å². The zero-order valence-corrected chi connectivity index (χ0v) is 8.42. The second-order valence-electron chi connectivity index (χ2n) is 3.60. The molecular weight excluding hydrogens is 200 g/mol. The smallest absolute Gasteiger partial charge is 0.170 e. The Balaban J connectivity index is 2.41. The van der Waals surface area contributed by atoms with E-state index in [0.29, 0.717) is 12.0 Å². The van der Waals surface area contributed by atoms with E-state index in [1.165, 1.54) is 6.20 Å². The standard InChI is InChI=1S/C13H8N2O/c16-8-11-7-14-12-5-9-3-1-2-4-10(9)6-13(12)15-11/h1-8H. The average molecular weight is 208 g/mol. The van der Waals surface area contributed by atoms with Crippen LogP contribution in [-0.4, -0.2) is 16.3 Å². The third-order valence-corrected chi connectivity index (χ3v) is 2.55. The van der Waals surface area contributed by atoms with E-state index in [0.717, 1.165) is 21.8 Å². The molecular formula is C13H8N2O. The van der Waals surface area contributed by atoms with Crippen LogP contribution in [0.3, 0.4) is 0 Å². The largest absolute Gasteiger partial charge is 0.296 e. The fourth-order valence-corrected chi connectivity index (χ4v) is 1.77. The second-order valence-corrected chi connectivity index (χ2v) is 3.60. The minimum atomic E-state index is 0.364. The number of aldehydes is 1. The Morgan fingerprint density at radius 2 is 1.69 bits per heavy atom. The predicted molar refractivity (Wildman–Crippen MR) is 62.4 cm³/mol. The third kappa shape index (κ3) is 1.34. The summed E-state index contributed by atoms with van der Waals surface area (Å²) < 4.78 is 0. The summed E-state index contributed by atoms with van der Waals surface area (Å²) in [7, 11) is 0. The van der Waals surface area contributed by atoms with Crippen molar-refractivity contribution >= 4 is 28.1 Å². The minimum Gasteiger partial charge on any atom is -0.296 e. The molecule has 0 saturated carbocycles. The molecule has 0 atom stereocenters. The first kappa shape index (κ1) is 8.97. The molecule has 0 N–H and O–H groups in total. The quantitative estimate of drug-likeness (QED) is 0.456. The van der Waals surface area contributed by atoms with Gasteiger partial charge in [0.2, 0.25) is 0 Å². The van der Waals surface area contributed by atoms with E-state index in [9.17, 15) is 4.79 Å². The van der Waals surface area contributed by atoms with Gasteiger partial charge in [0, 0.05) is 0 Å². The van der Waals surface area contributed by atoms with Crippen molar-refractivity contribution < 1.29 is 4.79 Å². The molecule has 0 unspecified atom stereocenters. The summed E-state index contributed by atoms with van der Waals surface area (Å²) in [5.41, 5.74) is 1.93. The van der Waals surface area contributed by atoms with Gasteiger partial charge in [-0.3, -0.25) is 9.78 Å². The molecule has 1 heterocycles. The molecule has 0 spiro atoms.